The fourth-order valence-electron chi connectivity index (χ4n) is 3.03. The fraction of sp³-hybridized carbons (Fsp3) is 0.688. The summed E-state index contributed by atoms with van der Waals surface area (Å²) in [7, 11) is 6.01. The van der Waals surface area contributed by atoms with Gasteiger partial charge < -0.3 is 19.7 Å². The molecule has 6 heteroatoms. The van der Waals surface area contributed by atoms with Gasteiger partial charge in [0.2, 0.25) is 0 Å². The number of likely N-dealkylation sites (tertiary alicyclic amines) is 1. The Morgan fingerprint density at radius 2 is 2.32 bits per heavy atom. The van der Waals surface area contributed by atoms with E-state index in [0.29, 0.717) is 0 Å². The highest BCUT2D eigenvalue weighted by atomic mass is 79.9. The predicted molar refractivity (Wildman–Crippen MR) is 96.2 cm³/mol. The summed E-state index contributed by atoms with van der Waals surface area (Å²) in [6.45, 7) is 7.68. The van der Waals surface area contributed by atoms with Crippen LogP contribution in [0.2, 0.25) is 0 Å². The van der Waals surface area contributed by atoms with Crippen molar-refractivity contribution in [2.75, 3.05) is 40.3 Å². The van der Waals surface area contributed by atoms with Crippen LogP contribution in [0.15, 0.2) is 21.7 Å². The molecule has 5 nitrogen and oxygen atoms in total. The Bertz CT molecular complexity index is 511. The molecule has 1 N–H and O–H groups in total. The van der Waals surface area contributed by atoms with Crippen LogP contribution in [0.25, 0.3) is 0 Å². The third-order valence-corrected chi connectivity index (χ3v) is 4.85. The van der Waals surface area contributed by atoms with Crippen LogP contribution in [0.4, 0.5) is 0 Å². The van der Waals surface area contributed by atoms with Gasteiger partial charge >= 0.3 is 0 Å². The molecule has 0 aromatic carbocycles. The van der Waals surface area contributed by atoms with E-state index < -0.39 is 0 Å². The Kier molecular flexibility index (Phi) is 6.32. The lowest BCUT2D eigenvalue weighted by Gasteiger charge is -2.23. The van der Waals surface area contributed by atoms with Crippen molar-refractivity contribution in [2.24, 2.45) is 18.0 Å². The Morgan fingerprint density at radius 1 is 1.55 bits per heavy atom. The van der Waals surface area contributed by atoms with E-state index in [1.165, 1.54) is 25.2 Å². The molecular formula is C16H28BrN5. The molecule has 1 fully saturated rings. The standard InChI is InChI=1S/C16H28BrN5/c1-5-22-7-6-13(10-22)9-19-16(18-2)21(4)12-15-8-14(17)11-20(15)3/h8,11,13H,5-7,9-10,12H2,1-4H3,(H,18,19). The van der Waals surface area contributed by atoms with Gasteiger partial charge in [-0.2, -0.15) is 0 Å². The minimum Gasteiger partial charge on any atom is -0.356 e. The summed E-state index contributed by atoms with van der Waals surface area (Å²) in [4.78, 5) is 9.11. The maximum absolute atomic E-state index is 4.42. The topological polar surface area (TPSA) is 35.8 Å². The zero-order chi connectivity index (χ0) is 16.1. The number of guanidine groups is 1. The van der Waals surface area contributed by atoms with E-state index >= 15 is 0 Å². The van der Waals surface area contributed by atoms with Crippen LogP contribution >= 0.6 is 15.9 Å². The Balaban J connectivity index is 1.84. The number of hydrogen-bond acceptors (Lipinski definition) is 2. The lowest BCUT2D eigenvalue weighted by atomic mass is 10.1. The fourth-order valence-corrected chi connectivity index (χ4v) is 3.60. The summed E-state index contributed by atoms with van der Waals surface area (Å²) in [5.41, 5.74) is 1.26. The molecule has 0 bridgehead atoms. The Hall–Kier alpha value is -1.01. The highest BCUT2D eigenvalue weighted by Gasteiger charge is 2.21. The molecule has 2 heterocycles. The molecule has 22 heavy (non-hydrogen) atoms. The molecular weight excluding hydrogens is 342 g/mol. The summed E-state index contributed by atoms with van der Waals surface area (Å²) in [6.07, 6.45) is 3.36. The molecule has 0 amide bonds. The van der Waals surface area contributed by atoms with Crippen molar-refractivity contribution >= 4 is 21.9 Å². The zero-order valence-electron chi connectivity index (χ0n) is 14.1. The molecule has 1 aliphatic heterocycles. The van der Waals surface area contributed by atoms with E-state index in [1.54, 1.807) is 0 Å². The molecule has 0 radical (unpaired) electrons. The number of aliphatic imine (C=N–C) groups is 1. The molecule has 1 aliphatic rings. The van der Waals surface area contributed by atoms with Gasteiger partial charge in [-0.1, -0.05) is 6.92 Å². The minimum atomic E-state index is 0.731. The average Bonchev–Trinajstić information content (AvgIpc) is 3.06. The van der Waals surface area contributed by atoms with Gasteiger partial charge in [0.15, 0.2) is 5.96 Å². The van der Waals surface area contributed by atoms with Crippen molar-refractivity contribution in [3.63, 3.8) is 0 Å². The third-order valence-electron chi connectivity index (χ3n) is 4.41. The van der Waals surface area contributed by atoms with Crippen LogP contribution < -0.4 is 5.32 Å². The van der Waals surface area contributed by atoms with Gasteiger partial charge in [0.05, 0.1) is 6.54 Å². The van der Waals surface area contributed by atoms with Crippen LogP contribution in [0, 0.1) is 5.92 Å². The maximum Gasteiger partial charge on any atom is 0.193 e. The van der Waals surface area contributed by atoms with E-state index in [-0.39, 0.29) is 0 Å². The van der Waals surface area contributed by atoms with Crippen LogP contribution in [0.3, 0.4) is 0 Å². The number of halogens is 1. The van der Waals surface area contributed by atoms with Gasteiger partial charge in [-0.25, -0.2) is 0 Å². The van der Waals surface area contributed by atoms with E-state index in [2.05, 4.69) is 73.9 Å². The SMILES string of the molecule is CCN1CCC(CNC(=NC)N(C)Cc2cc(Br)cn2C)C1. The van der Waals surface area contributed by atoms with Gasteiger partial charge in [-0.3, -0.25) is 4.99 Å². The monoisotopic (exact) mass is 369 g/mol. The first-order valence-electron chi connectivity index (χ1n) is 7.98. The Morgan fingerprint density at radius 3 is 2.86 bits per heavy atom. The van der Waals surface area contributed by atoms with E-state index in [1.807, 2.05) is 7.05 Å². The molecule has 1 aromatic heterocycles. The largest absolute Gasteiger partial charge is 0.356 e. The maximum atomic E-state index is 4.42. The molecule has 0 saturated carbocycles. The highest BCUT2D eigenvalue weighted by molar-refractivity contribution is 9.10. The van der Waals surface area contributed by atoms with E-state index in [0.717, 1.165) is 36.0 Å². The quantitative estimate of drug-likeness (QED) is 0.637. The molecule has 1 unspecified atom stereocenters. The highest BCUT2D eigenvalue weighted by Crippen LogP contribution is 2.16. The number of aryl methyl sites for hydroxylation is 1. The first kappa shape index (κ1) is 17.3. The normalized spacial score (nSPS) is 19.7. The average molecular weight is 370 g/mol. The molecule has 1 atom stereocenters. The first-order valence-corrected chi connectivity index (χ1v) is 8.77. The summed E-state index contributed by atoms with van der Waals surface area (Å²) < 4.78 is 3.26. The van der Waals surface area contributed by atoms with Gasteiger partial charge in [0.25, 0.3) is 0 Å². The predicted octanol–water partition coefficient (Wildman–Crippen LogP) is 2.14. The smallest absolute Gasteiger partial charge is 0.193 e. The van der Waals surface area contributed by atoms with Crippen LogP contribution in [-0.4, -0.2) is 60.6 Å². The van der Waals surface area contributed by atoms with Crippen molar-refractivity contribution in [3.8, 4) is 0 Å². The molecule has 1 saturated heterocycles. The summed E-state index contributed by atoms with van der Waals surface area (Å²) in [6, 6.07) is 2.15. The molecule has 0 aliphatic carbocycles. The number of nitrogens with one attached hydrogen (secondary N) is 1. The molecule has 0 spiro atoms. The van der Waals surface area contributed by atoms with Gasteiger partial charge in [-0.15, -0.1) is 0 Å². The Labute approximate surface area is 142 Å². The lowest BCUT2D eigenvalue weighted by molar-refractivity contribution is 0.340. The van der Waals surface area contributed by atoms with Gasteiger partial charge in [0.1, 0.15) is 0 Å². The second-order valence-corrected chi connectivity index (χ2v) is 7.01. The van der Waals surface area contributed by atoms with Crippen molar-refractivity contribution in [2.45, 2.75) is 19.9 Å². The van der Waals surface area contributed by atoms with Crippen molar-refractivity contribution in [3.05, 3.63) is 22.4 Å². The lowest BCUT2D eigenvalue weighted by Crippen LogP contribution is -2.41. The zero-order valence-corrected chi connectivity index (χ0v) is 15.7. The summed E-state index contributed by atoms with van der Waals surface area (Å²) in [5, 5.41) is 3.53. The number of hydrogen-bond donors (Lipinski definition) is 1. The van der Waals surface area contributed by atoms with Crippen LogP contribution in [0.1, 0.15) is 19.0 Å². The van der Waals surface area contributed by atoms with Crippen molar-refractivity contribution < 1.29 is 0 Å². The van der Waals surface area contributed by atoms with E-state index in [9.17, 15) is 0 Å². The number of nitrogens with zero attached hydrogens (tertiary/aromatic N) is 4. The number of rotatable bonds is 5. The van der Waals surface area contributed by atoms with Crippen molar-refractivity contribution in [1.82, 2.24) is 19.7 Å². The summed E-state index contributed by atoms with van der Waals surface area (Å²) in [5.74, 6) is 1.70. The second kappa shape index (κ2) is 8.02. The number of aromatic nitrogens is 1. The van der Waals surface area contributed by atoms with Gasteiger partial charge in [0, 0.05) is 50.6 Å². The summed E-state index contributed by atoms with van der Waals surface area (Å²) >= 11 is 3.52. The second-order valence-electron chi connectivity index (χ2n) is 6.09. The molecule has 2 rings (SSSR count). The van der Waals surface area contributed by atoms with Crippen LogP contribution in [-0.2, 0) is 13.6 Å². The van der Waals surface area contributed by atoms with Gasteiger partial charge in [-0.05, 0) is 47.4 Å². The third kappa shape index (κ3) is 4.49. The van der Waals surface area contributed by atoms with Crippen molar-refractivity contribution in [1.29, 1.82) is 0 Å². The molecule has 1 aromatic rings. The van der Waals surface area contributed by atoms with E-state index in [4.69, 9.17) is 0 Å². The first-order chi connectivity index (χ1) is 10.5. The van der Waals surface area contributed by atoms with Crippen LogP contribution in [0.5, 0.6) is 0 Å². The minimum absolute atomic E-state index is 0.731. The molecule has 124 valence electrons.